The summed E-state index contributed by atoms with van der Waals surface area (Å²) in [5.74, 6) is -0.183. The number of ketones is 1. The van der Waals surface area contributed by atoms with Crippen molar-refractivity contribution in [3.8, 4) is 0 Å². The molecule has 0 saturated carbocycles. The van der Waals surface area contributed by atoms with Crippen molar-refractivity contribution < 1.29 is 4.79 Å². The molecule has 0 unspecified atom stereocenters. The fourth-order valence-electron chi connectivity index (χ4n) is 1.67. The summed E-state index contributed by atoms with van der Waals surface area (Å²) >= 11 is 23.7. The lowest BCUT2D eigenvalue weighted by atomic mass is 10.1. The molecule has 0 amide bonds. The van der Waals surface area contributed by atoms with Gasteiger partial charge in [0.15, 0.2) is 5.78 Å². The Morgan fingerprint density at radius 2 is 1.14 bits per heavy atom. The molecule has 112 valence electrons. The average Bonchev–Trinajstić information content (AvgIpc) is 2.45. The average molecular weight is 372 g/mol. The smallest absolute Gasteiger partial charge is 0.178 e. The second kappa shape index (κ2) is 7.85. The van der Waals surface area contributed by atoms with E-state index in [2.05, 4.69) is 0 Å². The molecule has 0 aromatic heterocycles. The normalized spacial score (nSPS) is 11.5. The number of carbonyl (C=O) groups is 1. The van der Waals surface area contributed by atoms with Crippen molar-refractivity contribution in [1.82, 2.24) is 0 Å². The molecule has 2 aromatic rings. The van der Waals surface area contributed by atoms with Crippen molar-refractivity contribution >= 4 is 64.3 Å². The van der Waals surface area contributed by atoms with Gasteiger partial charge in [-0.25, -0.2) is 0 Å². The van der Waals surface area contributed by atoms with Crippen LogP contribution in [-0.2, 0) is 4.79 Å². The Kier molecular flexibility index (Phi) is 6.10. The maximum absolute atomic E-state index is 11.8. The highest BCUT2D eigenvalue weighted by Gasteiger charge is 2.00. The van der Waals surface area contributed by atoms with Crippen molar-refractivity contribution in [2.45, 2.75) is 0 Å². The molecular formula is C17H10Cl4O. The van der Waals surface area contributed by atoms with E-state index >= 15 is 0 Å². The Morgan fingerprint density at radius 3 is 1.50 bits per heavy atom. The first-order chi connectivity index (χ1) is 10.5. The topological polar surface area (TPSA) is 17.1 Å². The van der Waals surface area contributed by atoms with Gasteiger partial charge < -0.3 is 0 Å². The summed E-state index contributed by atoms with van der Waals surface area (Å²) in [4.78, 5) is 11.8. The molecule has 22 heavy (non-hydrogen) atoms. The van der Waals surface area contributed by atoms with Crippen LogP contribution in [0.25, 0.3) is 12.2 Å². The highest BCUT2D eigenvalue weighted by Crippen LogP contribution is 2.23. The van der Waals surface area contributed by atoms with Crippen LogP contribution < -0.4 is 0 Å². The molecule has 0 aliphatic rings. The van der Waals surface area contributed by atoms with Crippen LogP contribution in [0.3, 0.4) is 0 Å². The van der Waals surface area contributed by atoms with Gasteiger partial charge in [0.05, 0.1) is 0 Å². The Balaban J connectivity index is 2.09. The monoisotopic (exact) mass is 370 g/mol. The molecule has 0 atom stereocenters. The third-order valence-corrected chi connectivity index (χ3v) is 3.90. The first kappa shape index (κ1) is 17.1. The molecule has 2 rings (SSSR count). The van der Waals surface area contributed by atoms with Crippen LogP contribution in [0.5, 0.6) is 0 Å². The number of benzene rings is 2. The Labute approximate surface area is 148 Å². The molecule has 0 aliphatic carbocycles. The summed E-state index contributed by atoms with van der Waals surface area (Å²) in [5.41, 5.74) is 1.44. The summed E-state index contributed by atoms with van der Waals surface area (Å²) in [6.07, 6.45) is 6.12. The summed E-state index contributed by atoms with van der Waals surface area (Å²) in [6.45, 7) is 0. The van der Waals surface area contributed by atoms with Crippen LogP contribution in [0, 0.1) is 0 Å². The van der Waals surface area contributed by atoms with Gasteiger partial charge in [0.25, 0.3) is 0 Å². The zero-order valence-electron chi connectivity index (χ0n) is 11.2. The van der Waals surface area contributed by atoms with Crippen LogP contribution in [0.4, 0.5) is 0 Å². The van der Waals surface area contributed by atoms with Gasteiger partial charge in [-0.3, -0.25) is 4.79 Å². The maximum Gasteiger partial charge on any atom is 0.178 e. The molecule has 0 heterocycles. The summed E-state index contributed by atoms with van der Waals surface area (Å²) in [5, 5.41) is 2.07. The minimum absolute atomic E-state index is 0.183. The van der Waals surface area contributed by atoms with E-state index in [0.29, 0.717) is 20.1 Å². The number of halogens is 4. The molecule has 0 radical (unpaired) electrons. The third-order valence-electron chi connectivity index (χ3n) is 2.78. The van der Waals surface area contributed by atoms with Gasteiger partial charge in [-0.1, -0.05) is 58.5 Å². The zero-order chi connectivity index (χ0) is 16.1. The zero-order valence-corrected chi connectivity index (χ0v) is 14.2. The molecule has 0 saturated heterocycles. The molecule has 2 aromatic carbocycles. The van der Waals surface area contributed by atoms with Gasteiger partial charge in [0, 0.05) is 20.1 Å². The molecular weight excluding hydrogens is 362 g/mol. The number of rotatable bonds is 4. The SMILES string of the molecule is O=C(/C=C/c1ccc(Cl)cc1Cl)/C=C/c1ccc(Cl)cc1Cl. The lowest BCUT2D eigenvalue weighted by molar-refractivity contribution is -0.110. The van der Waals surface area contributed by atoms with Gasteiger partial charge in [-0.05, 0) is 59.7 Å². The minimum atomic E-state index is -0.183. The molecule has 0 spiro atoms. The van der Waals surface area contributed by atoms with Crippen molar-refractivity contribution in [3.63, 3.8) is 0 Å². The van der Waals surface area contributed by atoms with E-state index in [4.69, 9.17) is 46.4 Å². The summed E-state index contributed by atoms with van der Waals surface area (Å²) < 4.78 is 0. The van der Waals surface area contributed by atoms with E-state index in [-0.39, 0.29) is 5.78 Å². The van der Waals surface area contributed by atoms with Crippen LogP contribution in [0.15, 0.2) is 48.6 Å². The first-order valence-corrected chi connectivity index (χ1v) is 7.77. The lowest BCUT2D eigenvalue weighted by Crippen LogP contribution is -1.86. The van der Waals surface area contributed by atoms with Crippen molar-refractivity contribution in [1.29, 1.82) is 0 Å². The van der Waals surface area contributed by atoms with Crippen LogP contribution >= 0.6 is 46.4 Å². The van der Waals surface area contributed by atoms with E-state index in [1.807, 2.05) is 0 Å². The highest BCUT2D eigenvalue weighted by atomic mass is 35.5. The van der Waals surface area contributed by atoms with Crippen molar-refractivity contribution in [2.24, 2.45) is 0 Å². The molecule has 0 fully saturated rings. The molecule has 0 N–H and O–H groups in total. The molecule has 0 aliphatic heterocycles. The second-order valence-corrected chi connectivity index (χ2v) is 6.09. The van der Waals surface area contributed by atoms with Crippen LogP contribution in [0.2, 0.25) is 20.1 Å². The lowest BCUT2D eigenvalue weighted by Gasteiger charge is -1.98. The fourth-order valence-corrected chi connectivity index (χ4v) is 2.62. The van der Waals surface area contributed by atoms with Crippen LogP contribution in [-0.4, -0.2) is 5.78 Å². The predicted octanol–water partition coefficient (Wildman–Crippen LogP) is 6.60. The number of allylic oxidation sites excluding steroid dienone is 2. The van der Waals surface area contributed by atoms with Gasteiger partial charge in [0.2, 0.25) is 0 Å². The quantitative estimate of drug-likeness (QED) is 0.553. The third kappa shape index (κ3) is 4.89. The van der Waals surface area contributed by atoms with E-state index in [9.17, 15) is 4.79 Å². The molecule has 5 heteroatoms. The molecule has 0 bridgehead atoms. The Hall–Kier alpha value is -1.25. The summed E-state index contributed by atoms with van der Waals surface area (Å²) in [7, 11) is 0. The van der Waals surface area contributed by atoms with E-state index in [1.54, 1.807) is 48.6 Å². The highest BCUT2D eigenvalue weighted by molar-refractivity contribution is 6.36. The number of hydrogen-bond donors (Lipinski definition) is 0. The Bertz CT molecular complexity index is 700. The van der Waals surface area contributed by atoms with Crippen LogP contribution in [0.1, 0.15) is 11.1 Å². The van der Waals surface area contributed by atoms with E-state index in [1.165, 1.54) is 12.2 Å². The second-order valence-electron chi connectivity index (χ2n) is 4.40. The van der Waals surface area contributed by atoms with Gasteiger partial charge in [0.1, 0.15) is 0 Å². The van der Waals surface area contributed by atoms with Gasteiger partial charge in [-0.2, -0.15) is 0 Å². The predicted molar refractivity (Wildman–Crippen MR) is 96.0 cm³/mol. The minimum Gasteiger partial charge on any atom is -0.290 e. The van der Waals surface area contributed by atoms with Gasteiger partial charge >= 0.3 is 0 Å². The standard InChI is InChI=1S/C17H10Cl4O/c18-13-5-1-11(16(20)9-13)3-7-15(22)8-4-12-2-6-14(19)10-17(12)21/h1-10H/b7-3+,8-4+. The van der Waals surface area contributed by atoms with E-state index < -0.39 is 0 Å². The summed E-state index contributed by atoms with van der Waals surface area (Å²) in [6, 6.07) is 10.2. The van der Waals surface area contributed by atoms with Crippen molar-refractivity contribution in [2.75, 3.05) is 0 Å². The first-order valence-electron chi connectivity index (χ1n) is 6.26. The Morgan fingerprint density at radius 1 is 0.727 bits per heavy atom. The van der Waals surface area contributed by atoms with Gasteiger partial charge in [-0.15, -0.1) is 0 Å². The fraction of sp³-hybridized carbons (Fsp3) is 0. The molecule has 1 nitrogen and oxygen atoms in total. The largest absolute Gasteiger partial charge is 0.290 e. The van der Waals surface area contributed by atoms with Crippen molar-refractivity contribution in [3.05, 3.63) is 79.8 Å². The number of carbonyl (C=O) groups excluding carboxylic acids is 1. The maximum atomic E-state index is 11.8. The van der Waals surface area contributed by atoms with E-state index in [0.717, 1.165) is 11.1 Å². The number of hydrogen-bond acceptors (Lipinski definition) is 1.